The van der Waals surface area contributed by atoms with Crippen LogP contribution in [0.2, 0.25) is 5.02 Å². The molecule has 0 unspecified atom stereocenters. The number of hydrogen-bond donors (Lipinski definition) is 2. The summed E-state index contributed by atoms with van der Waals surface area (Å²) in [4.78, 5) is 51.9. The molecule has 3 aromatic rings. The van der Waals surface area contributed by atoms with E-state index in [4.69, 9.17) is 25.8 Å². The molecular formula is C30H32ClN3O8. The van der Waals surface area contributed by atoms with E-state index in [9.17, 15) is 24.3 Å². The first-order valence-electron chi connectivity index (χ1n) is 13.5. The van der Waals surface area contributed by atoms with Crippen LogP contribution in [0.3, 0.4) is 0 Å². The molecule has 2 aliphatic heterocycles. The van der Waals surface area contributed by atoms with E-state index in [1.165, 1.54) is 11.6 Å². The third kappa shape index (κ3) is 5.52. The van der Waals surface area contributed by atoms with Crippen molar-refractivity contribution >= 4 is 23.5 Å². The Balaban J connectivity index is 1.41. The highest BCUT2D eigenvalue weighted by molar-refractivity contribution is 6.34. The monoisotopic (exact) mass is 597 g/mol. The van der Waals surface area contributed by atoms with Crippen LogP contribution in [0, 0.1) is 13.8 Å². The average molecular weight is 598 g/mol. The average Bonchev–Trinajstić information content (AvgIpc) is 3.53. The van der Waals surface area contributed by atoms with Crippen LogP contribution in [0.25, 0.3) is 11.1 Å². The zero-order valence-electron chi connectivity index (χ0n) is 23.6. The van der Waals surface area contributed by atoms with E-state index < -0.39 is 53.6 Å². The van der Waals surface area contributed by atoms with Gasteiger partial charge in [0.05, 0.1) is 29.4 Å². The molecule has 0 spiro atoms. The van der Waals surface area contributed by atoms with Crippen LogP contribution in [0.5, 0.6) is 0 Å². The number of aryl methyl sites for hydroxylation is 1. The molecule has 3 heterocycles. The number of halogens is 1. The maximum atomic E-state index is 13.5. The number of amides is 1. The summed E-state index contributed by atoms with van der Waals surface area (Å²) in [6, 6.07) is 10.9. The van der Waals surface area contributed by atoms with E-state index in [1.54, 1.807) is 63.4 Å². The SMILES string of the molecule is Cc1cccc(Cl)c1C(=O)N[C@@H](Cc1ccc(-c2c(C)n(C)c(=O)n(C)c2=O)cc1)C(=O)O[C@H]1CO[C@H]2[C@@H]1OC[C@@H]2O. The molecule has 1 amide bonds. The van der Waals surface area contributed by atoms with Crippen molar-refractivity contribution in [1.82, 2.24) is 14.5 Å². The number of aromatic nitrogens is 2. The number of rotatable bonds is 7. The number of nitrogens with one attached hydrogen (secondary N) is 1. The number of esters is 1. The number of nitrogens with zero attached hydrogens (tertiary/aromatic N) is 2. The quantitative estimate of drug-likeness (QED) is 0.390. The summed E-state index contributed by atoms with van der Waals surface area (Å²) in [6.45, 7) is 3.59. The Labute approximate surface area is 246 Å². The smallest absolute Gasteiger partial charge is 0.330 e. The van der Waals surface area contributed by atoms with Crippen LogP contribution in [-0.4, -0.2) is 69.8 Å². The van der Waals surface area contributed by atoms with Crippen LogP contribution in [0.1, 0.15) is 27.2 Å². The van der Waals surface area contributed by atoms with Gasteiger partial charge in [-0.05, 0) is 36.6 Å². The Bertz CT molecular complexity index is 1630. The number of aliphatic hydroxyl groups is 1. The molecule has 5 atom stereocenters. The van der Waals surface area contributed by atoms with Crippen molar-refractivity contribution in [2.75, 3.05) is 13.2 Å². The van der Waals surface area contributed by atoms with Gasteiger partial charge in [0.25, 0.3) is 11.5 Å². The normalized spacial score (nSPS) is 22.0. The first-order valence-corrected chi connectivity index (χ1v) is 13.9. The van der Waals surface area contributed by atoms with E-state index in [0.29, 0.717) is 27.9 Å². The maximum Gasteiger partial charge on any atom is 0.330 e. The minimum absolute atomic E-state index is 0.0605. The zero-order chi connectivity index (χ0) is 30.3. The predicted molar refractivity (Wildman–Crippen MR) is 154 cm³/mol. The summed E-state index contributed by atoms with van der Waals surface area (Å²) in [5, 5.41) is 13.1. The number of benzene rings is 2. The molecule has 0 aliphatic carbocycles. The second-order valence-corrected chi connectivity index (χ2v) is 11.1. The lowest BCUT2D eigenvalue weighted by molar-refractivity contribution is -0.156. The number of hydrogen-bond acceptors (Lipinski definition) is 8. The molecule has 2 fully saturated rings. The Morgan fingerprint density at radius 3 is 2.43 bits per heavy atom. The van der Waals surface area contributed by atoms with Crippen molar-refractivity contribution in [1.29, 1.82) is 0 Å². The number of ether oxygens (including phenoxy) is 3. The van der Waals surface area contributed by atoms with E-state index in [0.717, 1.165) is 4.57 Å². The van der Waals surface area contributed by atoms with Gasteiger partial charge in [-0.1, -0.05) is 48.0 Å². The fourth-order valence-electron chi connectivity index (χ4n) is 5.44. The molecule has 0 saturated carbocycles. The van der Waals surface area contributed by atoms with Crippen LogP contribution in [0.4, 0.5) is 0 Å². The van der Waals surface area contributed by atoms with Gasteiger partial charge < -0.3 is 29.2 Å². The van der Waals surface area contributed by atoms with E-state index in [2.05, 4.69) is 5.32 Å². The van der Waals surface area contributed by atoms with Crippen molar-refractivity contribution in [2.24, 2.45) is 14.1 Å². The fourth-order valence-corrected chi connectivity index (χ4v) is 5.75. The molecule has 222 valence electrons. The van der Waals surface area contributed by atoms with Crippen molar-refractivity contribution in [3.8, 4) is 11.1 Å². The van der Waals surface area contributed by atoms with Crippen molar-refractivity contribution in [3.63, 3.8) is 0 Å². The van der Waals surface area contributed by atoms with E-state index in [1.807, 2.05) is 0 Å². The van der Waals surface area contributed by atoms with Crippen LogP contribution in [0.15, 0.2) is 52.1 Å². The Hall–Kier alpha value is -3.77. The number of aliphatic hydroxyl groups excluding tert-OH is 1. The van der Waals surface area contributed by atoms with Gasteiger partial charge in [-0.3, -0.25) is 14.2 Å². The summed E-state index contributed by atoms with van der Waals surface area (Å²) < 4.78 is 19.4. The Morgan fingerprint density at radius 1 is 1.05 bits per heavy atom. The second kappa shape index (κ2) is 11.8. The highest BCUT2D eigenvalue weighted by atomic mass is 35.5. The molecule has 2 aromatic carbocycles. The minimum atomic E-state index is -1.10. The van der Waals surface area contributed by atoms with Gasteiger partial charge in [0.1, 0.15) is 24.4 Å². The molecule has 12 heteroatoms. The topological polar surface area (TPSA) is 138 Å². The van der Waals surface area contributed by atoms with Crippen molar-refractivity contribution < 1.29 is 28.9 Å². The van der Waals surface area contributed by atoms with Gasteiger partial charge in [-0.25, -0.2) is 9.59 Å². The highest BCUT2D eigenvalue weighted by Crippen LogP contribution is 2.29. The van der Waals surface area contributed by atoms with Gasteiger partial charge in [-0.2, -0.15) is 0 Å². The molecule has 0 radical (unpaired) electrons. The molecule has 2 aliphatic rings. The standard InChI is InChI=1S/C30H32ClN3O8/c1-15-6-5-7-19(31)23(15)27(36)32-20(29(38)42-22-14-41-25-21(35)13-40-26(22)25)12-17-8-10-18(11-9-17)24-16(2)33(3)30(39)34(4)28(24)37/h5-11,20-22,25-26,35H,12-14H2,1-4H3,(H,32,36)/t20-,21-,22-,25+,26+/m0/s1. The molecule has 11 nitrogen and oxygen atoms in total. The van der Waals surface area contributed by atoms with Crippen LogP contribution in [-0.2, 0) is 39.5 Å². The Kier molecular flexibility index (Phi) is 8.38. The van der Waals surface area contributed by atoms with Crippen molar-refractivity contribution in [2.45, 2.75) is 50.7 Å². The summed E-state index contributed by atoms with van der Waals surface area (Å²) in [5.74, 6) is -1.23. The molecule has 5 rings (SSSR count). The number of fused-ring (bicyclic) bond motifs is 1. The Morgan fingerprint density at radius 2 is 1.74 bits per heavy atom. The zero-order valence-corrected chi connectivity index (χ0v) is 24.4. The molecule has 2 saturated heterocycles. The van der Waals surface area contributed by atoms with Crippen LogP contribution >= 0.6 is 11.6 Å². The van der Waals surface area contributed by atoms with Gasteiger partial charge in [0.2, 0.25) is 0 Å². The summed E-state index contributed by atoms with van der Waals surface area (Å²) in [6.07, 6.45) is -2.65. The lowest BCUT2D eigenvalue weighted by atomic mass is 9.99. The summed E-state index contributed by atoms with van der Waals surface area (Å²) in [7, 11) is 3.03. The second-order valence-electron chi connectivity index (χ2n) is 10.7. The highest BCUT2D eigenvalue weighted by Gasteiger charge is 2.49. The molecule has 0 bridgehead atoms. The van der Waals surface area contributed by atoms with Crippen LogP contribution < -0.4 is 16.6 Å². The lowest BCUT2D eigenvalue weighted by Crippen LogP contribution is -2.46. The first-order chi connectivity index (χ1) is 20.0. The molecular weight excluding hydrogens is 566 g/mol. The molecule has 2 N–H and O–H groups in total. The molecule has 1 aromatic heterocycles. The summed E-state index contributed by atoms with van der Waals surface area (Å²) >= 11 is 6.31. The van der Waals surface area contributed by atoms with Gasteiger partial charge in [0, 0.05) is 26.2 Å². The number of carbonyl (C=O) groups is 2. The minimum Gasteiger partial charge on any atom is -0.455 e. The predicted octanol–water partition coefficient (Wildman–Crippen LogP) is 1.43. The third-order valence-corrected chi connectivity index (χ3v) is 8.24. The first kappa shape index (κ1) is 29.7. The van der Waals surface area contributed by atoms with Gasteiger partial charge >= 0.3 is 11.7 Å². The number of carbonyl (C=O) groups excluding carboxylic acids is 2. The van der Waals surface area contributed by atoms with Crippen molar-refractivity contribution in [3.05, 3.63) is 90.7 Å². The largest absolute Gasteiger partial charge is 0.455 e. The van der Waals surface area contributed by atoms with Gasteiger partial charge in [0.15, 0.2) is 6.10 Å². The van der Waals surface area contributed by atoms with E-state index >= 15 is 0 Å². The summed E-state index contributed by atoms with van der Waals surface area (Å²) in [5.41, 5.74) is 2.27. The van der Waals surface area contributed by atoms with Gasteiger partial charge in [-0.15, -0.1) is 0 Å². The third-order valence-electron chi connectivity index (χ3n) is 7.93. The maximum absolute atomic E-state index is 13.5. The lowest BCUT2D eigenvalue weighted by Gasteiger charge is -2.23. The van der Waals surface area contributed by atoms with E-state index in [-0.39, 0.29) is 30.2 Å². The molecule has 42 heavy (non-hydrogen) atoms. The fraction of sp³-hybridized carbons (Fsp3) is 0.400.